The third-order valence-corrected chi connectivity index (χ3v) is 3.51. The van der Waals surface area contributed by atoms with Gasteiger partial charge in [-0.2, -0.15) is 0 Å². The zero-order valence-corrected chi connectivity index (χ0v) is 10.6. The highest BCUT2D eigenvalue weighted by atomic mass is 35.5. The number of aromatic nitrogens is 1. The second-order valence-corrected chi connectivity index (χ2v) is 4.65. The van der Waals surface area contributed by atoms with Crippen LogP contribution in [0.25, 0.3) is 0 Å². The molecule has 0 aliphatic heterocycles. The molecule has 1 atom stereocenters. The van der Waals surface area contributed by atoms with Gasteiger partial charge in [-0.15, -0.1) is 36.2 Å². The van der Waals surface area contributed by atoms with Crippen LogP contribution in [-0.2, 0) is 6.42 Å². The molecule has 2 nitrogen and oxygen atoms in total. The SMILES string of the molecule is Cc1nc2c(s1)CCCC2CN.Cl.Cl. The molecule has 1 aromatic heterocycles. The molecule has 1 unspecified atom stereocenters. The minimum atomic E-state index is 0. The Morgan fingerprint density at radius 2 is 2.21 bits per heavy atom. The van der Waals surface area contributed by atoms with Gasteiger partial charge < -0.3 is 5.73 Å². The summed E-state index contributed by atoms with van der Waals surface area (Å²) in [6.45, 7) is 2.84. The lowest BCUT2D eigenvalue weighted by atomic mass is 9.91. The molecule has 0 saturated heterocycles. The maximum atomic E-state index is 5.69. The van der Waals surface area contributed by atoms with Crippen molar-refractivity contribution in [2.75, 3.05) is 6.54 Å². The van der Waals surface area contributed by atoms with Crippen LogP contribution in [0.15, 0.2) is 0 Å². The van der Waals surface area contributed by atoms with E-state index in [1.807, 2.05) is 11.3 Å². The van der Waals surface area contributed by atoms with Crippen molar-refractivity contribution in [1.82, 2.24) is 4.98 Å². The number of aryl methyl sites for hydroxylation is 2. The number of thiazole rings is 1. The number of rotatable bonds is 1. The van der Waals surface area contributed by atoms with Gasteiger partial charge in [0.15, 0.2) is 0 Å². The van der Waals surface area contributed by atoms with Gasteiger partial charge in [0.2, 0.25) is 0 Å². The fourth-order valence-electron chi connectivity index (χ4n) is 1.86. The number of halogens is 2. The lowest BCUT2D eigenvalue weighted by molar-refractivity contribution is 0.553. The fourth-order valence-corrected chi connectivity index (χ4v) is 2.92. The average molecular weight is 255 g/mol. The van der Waals surface area contributed by atoms with Crippen molar-refractivity contribution in [3.8, 4) is 0 Å². The van der Waals surface area contributed by atoms with Gasteiger partial charge in [-0.3, -0.25) is 0 Å². The number of hydrogen-bond acceptors (Lipinski definition) is 3. The van der Waals surface area contributed by atoms with E-state index in [-0.39, 0.29) is 24.8 Å². The Labute approximate surface area is 101 Å². The maximum absolute atomic E-state index is 5.69. The van der Waals surface area contributed by atoms with Crippen molar-refractivity contribution in [1.29, 1.82) is 0 Å². The van der Waals surface area contributed by atoms with Gasteiger partial charge in [0.1, 0.15) is 0 Å². The van der Waals surface area contributed by atoms with E-state index in [9.17, 15) is 0 Å². The summed E-state index contributed by atoms with van der Waals surface area (Å²) in [6.07, 6.45) is 3.74. The van der Waals surface area contributed by atoms with Crippen molar-refractivity contribution in [2.45, 2.75) is 32.1 Å². The Morgan fingerprint density at radius 1 is 1.50 bits per heavy atom. The Kier molecular flexibility index (Phi) is 5.98. The molecular weight excluding hydrogens is 239 g/mol. The third kappa shape index (κ3) is 2.60. The largest absolute Gasteiger partial charge is 0.330 e. The molecule has 0 radical (unpaired) electrons. The maximum Gasteiger partial charge on any atom is 0.0900 e. The molecule has 0 amide bonds. The van der Waals surface area contributed by atoms with Crippen LogP contribution in [0.1, 0.15) is 34.3 Å². The van der Waals surface area contributed by atoms with Crippen LogP contribution >= 0.6 is 36.2 Å². The van der Waals surface area contributed by atoms with Crippen LogP contribution in [0, 0.1) is 6.92 Å². The van der Waals surface area contributed by atoms with Gasteiger partial charge in [-0.25, -0.2) is 4.98 Å². The Morgan fingerprint density at radius 3 is 2.86 bits per heavy atom. The first kappa shape index (κ1) is 14.2. The Hall–Kier alpha value is 0.170. The van der Waals surface area contributed by atoms with E-state index in [1.165, 1.54) is 34.8 Å². The predicted octanol–water partition coefficient (Wildman–Crippen LogP) is 2.67. The van der Waals surface area contributed by atoms with Crippen molar-refractivity contribution in [3.05, 3.63) is 15.6 Å². The van der Waals surface area contributed by atoms with Crippen LogP contribution in [0.4, 0.5) is 0 Å². The Bertz CT molecular complexity index is 288. The van der Waals surface area contributed by atoms with Gasteiger partial charge in [-0.05, 0) is 26.2 Å². The molecular formula is C9H16Cl2N2S. The summed E-state index contributed by atoms with van der Waals surface area (Å²) in [6, 6.07) is 0. The normalized spacial score (nSPS) is 19.1. The van der Waals surface area contributed by atoms with Crippen molar-refractivity contribution in [2.24, 2.45) is 5.73 Å². The van der Waals surface area contributed by atoms with E-state index in [2.05, 4.69) is 11.9 Å². The molecule has 1 aliphatic rings. The summed E-state index contributed by atoms with van der Waals surface area (Å²) in [5.74, 6) is 0.540. The molecule has 1 aromatic rings. The first-order chi connectivity index (χ1) is 5.81. The van der Waals surface area contributed by atoms with Crippen LogP contribution < -0.4 is 5.73 Å². The standard InChI is InChI=1S/C9H14N2S.2ClH/c1-6-11-9-7(5-10)3-2-4-8(9)12-6;;/h7H,2-5,10H2,1H3;2*1H. The van der Waals surface area contributed by atoms with Crippen molar-refractivity contribution < 1.29 is 0 Å². The number of hydrogen-bond donors (Lipinski definition) is 1. The molecule has 2 rings (SSSR count). The minimum absolute atomic E-state index is 0. The smallest absolute Gasteiger partial charge is 0.0900 e. The first-order valence-corrected chi connectivity index (χ1v) is 5.29. The second-order valence-electron chi connectivity index (χ2n) is 3.37. The van der Waals surface area contributed by atoms with E-state index < -0.39 is 0 Å². The zero-order valence-electron chi connectivity index (χ0n) is 8.16. The minimum Gasteiger partial charge on any atom is -0.330 e. The highest BCUT2D eigenvalue weighted by Crippen LogP contribution is 2.33. The molecule has 14 heavy (non-hydrogen) atoms. The molecule has 0 spiro atoms. The van der Waals surface area contributed by atoms with Crippen LogP contribution in [0.2, 0.25) is 0 Å². The summed E-state index contributed by atoms with van der Waals surface area (Å²) >= 11 is 1.84. The summed E-state index contributed by atoms with van der Waals surface area (Å²) < 4.78 is 0. The van der Waals surface area contributed by atoms with E-state index >= 15 is 0 Å². The van der Waals surface area contributed by atoms with Gasteiger partial charge in [0, 0.05) is 17.3 Å². The van der Waals surface area contributed by atoms with Crippen molar-refractivity contribution >= 4 is 36.2 Å². The molecule has 0 saturated carbocycles. The third-order valence-electron chi connectivity index (χ3n) is 2.46. The fraction of sp³-hybridized carbons (Fsp3) is 0.667. The predicted molar refractivity (Wildman–Crippen MR) is 66.1 cm³/mol. The van der Waals surface area contributed by atoms with E-state index in [0.717, 1.165) is 6.54 Å². The summed E-state index contributed by atoms with van der Waals surface area (Å²) in [5, 5.41) is 1.19. The number of fused-ring (bicyclic) bond motifs is 1. The molecule has 1 heterocycles. The number of nitrogens with zero attached hydrogens (tertiary/aromatic N) is 1. The summed E-state index contributed by atoms with van der Waals surface area (Å²) in [4.78, 5) is 6.02. The van der Waals surface area contributed by atoms with Gasteiger partial charge in [0.25, 0.3) is 0 Å². The van der Waals surface area contributed by atoms with Gasteiger partial charge >= 0.3 is 0 Å². The van der Waals surface area contributed by atoms with E-state index in [4.69, 9.17) is 5.73 Å². The lowest BCUT2D eigenvalue weighted by Gasteiger charge is -2.18. The molecule has 5 heteroatoms. The summed E-state index contributed by atoms with van der Waals surface area (Å²) in [5.41, 5.74) is 6.99. The number of nitrogens with two attached hydrogens (primary N) is 1. The highest BCUT2D eigenvalue weighted by molar-refractivity contribution is 7.11. The summed E-state index contributed by atoms with van der Waals surface area (Å²) in [7, 11) is 0. The molecule has 1 aliphatic carbocycles. The molecule has 0 fully saturated rings. The second kappa shape index (κ2) is 5.91. The van der Waals surface area contributed by atoms with Crippen LogP contribution in [0.5, 0.6) is 0 Å². The van der Waals surface area contributed by atoms with E-state index in [1.54, 1.807) is 0 Å². The molecule has 0 bridgehead atoms. The monoisotopic (exact) mass is 254 g/mol. The first-order valence-electron chi connectivity index (χ1n) is 4.47. The van der Waals surface area contributed by atoms with E-state index in [0.29, 0.717) is 5.92 Å². The van der Waals surface area contributed by atoms with Crippen molar-refractivity contribution in [3.63, 3.8) is 0 Å². The highest BCUT2D eigenvalue weighted by Gasteiger charge is 2.22. The van der Waals surface area contributed by atoms with Gasteiger partial charge in [-0.1, -0.05) is 0 Å². The van der Waals surface area contributed by atoms with Crippen LogP contribution in [-0.4, -0.2) is 11.5 Å². The topological polar surface area (TPSA) is 38.9 Å². The zero-order chi connectivity index (χ0) is 8.55. The van der Waals surface area contributed by atoms with Crippen LogP contribution in [0.3, 0.4) is 0 Å². The average Bonchev–Trinajstić information content (AvgIpc) is 2.44. The quantitative estimate of drug-likeness (QED) is 0.837. The Balaban J connectivity index is 0.000000845. The lowest BCUT2D eigenvalue weighted by Crippen LogP contribution is -2.17. The molecule has 2 N–H and O–H groups in total. The van der Waals surface area contributed by atoms with Gasteiger partial charge in [0.05, 0.1) is 10.7 Å². The molecule has 0 aromatic carbocycles. The molecule has 82 valence electrons.